The lowest BCUT2D eigenvalue weighted by Crippen LogP contribution is -2.26. The number of aromatic nitrogens is 2. The largest absolute Gasteiger partial charge is 0.315 e. The van der Waals surface area contributed by atoms with Gasteiger partial charge in [0.15, 0.2) is 0 Å². The van der Waals surface area contributed by atoms with Crippen molar-refractivity contribution in [3.63, 3.8) is 0 Å². The molecule has 0 saturated carbocycles. The maximum Gasteiger partial charge on any atom is 0.0644 e. The van der Waals surface area contributed by atoms with Crippen molar-refractivity contribution in [1.82, 2.24) is 15.1 Å². The minimum Gasteiger partial charge on any atom is -0.315 e. The molecule has 0 saturated heterocycles. The molecule has 1 atom stereocenters. The van der Waals surface area contributed by atoms with Crippen LogP contribution in [0.15, 0.2) is 0 Å². The van der Waals surface area contributed by atoms with Crippen LogP contribution in [0.25, 0.3) is 0 Å². The summed E-state index contributed by atoms with van der Waals surface area (Å²) in [5.74, 6) is 0. The molecule has 3 nitrogen and oxygen atoms in total. The van der Waals surface area contributed by atoms with Gasteiger partial charge in [-0.2, -0.15) is 5.10 Å². The molecule has 1 unspecified atom stereocenters. The molecule has 0 amide bonds. The van der Waals surface area contributed by atoms with Gasteiger partial charge in [0.05, 0.1) is 11.7 Å². The Bertz CT molecular complexity index is 315. The standard InChI is InChI=1S/C12H23N3/c1-6-12(8-13-7-2)15-11(5)9(3)10(4)14-15/h12-13H,6-8H2,1-5H3. The van der Waals surface area contributed by atoms with E-state index in [0.29, 0.717) is 6.04 Å². The summed E-state index contributed by atoms with van der Waals surface area (Å²) in [7, 11) is 0. The molecule has 1 rings (SSSR count). The van der Waals surface area contributed by atoms with Gasteiger partial charge < -0.3 is 5.32 Å². The fraction of sp³-hybridized carbons (Fsp3) is 0.750. The summed E-state index contributed by atoms with van der Waals surface area (Å²) < 4.78 is 2.17. The van der Waals surface area contributed by atoms with Crippen LogP contribution in [0.2, 0.25) is 0 Å². The molecule has 0 aliphatic heterocycles. The SMILES string of the molecule is CCNCC(CC)n1nc(C)c(C)c1C. The number of hydrogen-bond donors (Lipinski definition) is 1. The van der Waals surface area contributed by atoms with Crippen LogP contribution in [0.5, 0.6) is 0 Å². The Kier molecular flexibility index (Phi) is 4.33. The Morgan fingerprint density at radius 2 is 1.93 bits per heavy atom. The average molecular weight is 209 g/mol. The summed E-state index contributed by atoms with van der Waals surface area (Å²) in [6, 6.07) is 0.484. The van der Waals surface area contributed by atoms with Crippen molar-refractivity contribution in [1.29, 1.82) is 0 Å². The molecule has 1 aromatic rings. The molecular weight excluding hydrogens is 186 g/mol. The molecule has 1 heterocycles. The number of rotatable bonds is 5. The van der Waals surface area contributed by atoms with E-state index in [4.69, 9.17) is 0 Å². The highest BCUT2D eigenvalue weighted by atomic mass is 15.3. The molecule has 0 aliphatic rings. The topological polar surface area (TPSA) is 29.9 Å². The highest BCUT2D eigenvalue weighted by molar-refractivity contribution is 5.22. The van der Waals surface area contributed by atoms with E-state index in [0.717, 1.165) is 25.2 Å². The molecule has 0 spiro atoms. The third-order valence-corrected chi connectivity index (χ3v) is 3.13. The lowest BCUT2D eigenvalue weighted by molar-refractivity contribution is 0.407. The zero-order chi connectivity index (χ0) is 11.4. The van der Waals surface area contributed by atoms with Gasteiger partial charge in [-0.25, -0.2) is 0 Å². The van der Waals surface area contributed by atoms with Crippen molar-refractivity contribution < 1.29 is 0 Å². The lowest BCUT2D eigenvalue weighted by Gasteiger charge is -2.17. The fourth-order valence-electron chi connectivity index (χ4n) is 1.82. The molecule has 0 aliphatic carbocycles. The van der Waals surface area contributed by atoms with Gasteiger partial charge >= 0.3 is 0 Å². The van der Waals surface area contributed by atoms with Crippen molar-refractivity contribution in [2.24, 2.45) is 0 Å². The molecule has 3 heteroatoms. The third kappa shape index (κ3) is 2.59. The highest BCUT2D eigenvalue weighted by Gasteiger charge is 2.14. The maximum atomic E-state index is 4.61. The van der Waals surface area contributed by atoms with Gasteiger partial charge in [0.1, 0.15) is 0 Å². The van der Waals surface area contributed by atoms with Crippen LogP contribution in [0.4, 0.5) is 0 Å². The smallest absolute Gasteiger partial charge is 0.0644 e. The Labute approximate surface area is 92.9 Å². The Morgan fingerprint density at radius 1 is 1.27 bits per heavy atom. The number of aryl methyl sites for hydroxylation is 1. The van der Waals surface area contributed by atoms with Gasteiger partial charge in [-0.15, -0.1) is 0 Å². The molecule has 86 valence electrons. The zero-order valence-electron chi connectivity index (χ0n) is 10.6. The van der Waals surface area contributed by atoms with Gasteiger partial charge in [0.2, 0.25) is 0 Å². The molecule has 15 heavy (non-hydrogen) atoms. The second kappa shape index (κ2) is 5.31. The molecule has 1 N–H and O–H groups in total. The first-order chi connectivity index (χ1) is 7.11. The molecule has 0 bridgehead atoms. The third-order valence-electron chi connectivity index (χ3n) is 3.13. The molecule has 0 aromatic carbocycles. The van der Waals surface area contributed by atoms with Crippen molar-refractivity contribution in [3.05, 3.63) is 17.0 Å². The lowest BCUT2D eigenvalue weighted by atomic mass is 10.2. The Morgan fingerprint density at radius 3 is 2.33 bits per heavy atom. The van der Waals surface area contributed by atoms with Crippen molar-refractivity contribution in [3.8, 4) is 0 Å². The van der Waals surface area contributed by atoms with Crippen LogP contribution < -0.4 is 5.32 Å². The van der Waals surface area contributed by atoms with Gasteiger partial charge in [-0.05, 0) is 39.3 Å². The van der Waals surface area contributed by atoms with E-state index in [-0.39, 0.29) is 0 Å². The van der Waals surface area contributed by atoms with E-state index >= 15 is 0 Å². The normalized spacial score (nSPS) is 13.1. The first-order valence-electron chi connectivity index (χ1n) is 5.84. The van der Waals surface area contributed by atoms with Gasteiger partial charge in [-0.1, -0.05) is 13.8 Å². The van der Waals surface area contributed by atoms with Crippen LogP contribution in [0.1, 0.15) is 43.3 Å². The first-order valence-corrected chi connectivity index (χ1v) is 5.84. The summed E-state index contributed by atoms with van der Waals surface area (Å²) in [6.07, 6.45) is 1.12. The number of nitrogens with zero attached hydrogens (tertiary/aromatic N) is 2. The predicted molar refractivity (Wildman–Crippen MR) is 64.3 cm³/mol. The second-order valence-corrected chi connectivity index (χ2v) is 4.11. The van der Waals surface area contributed by atoms with E-state index in [1.165, 1.54) is 11.3 Å². The Hall–Kier alpha value is -0.830. The van der Waals surface area contributed by atoms with E-state index < -0.39 is 0 Å². The predicted octanol–water partition coefficient (Wildman–Crippen LogP) is 2.37. The van der Waals surface area contributed by atoms with Crippen molar-refractivity contribution in [2.45, 2.75) is 47.1 Å². The monoisotopic (exact) mass is 209 g/mol. The second-order valence-electron chi connectivity index (χ2n) is 4.11. The summed E-state index contributed by atoms with van der Waals surface area (Å²) in [6.45, 7) is 12.8. The van der Waals surface area contributed by atoms with Crippen LogP contribution in [0, 0.1) is 20.8 Å². The van der Waals surface area contributed by atoms with E-state index in [1.807, 2.05) is 0 Å². The summed E-state index contributed by atoms with van der Waals surface area (Å²) in [4.78, 5) is 0. The summed E-state index contributed by atoms with van der Waals surface area (Å²) in [5.41, 5.74) is 3.78. The van der Waals surface area contributed by atoms with Crippen LogP contribution in [-0.2, 0) is 0 Å². The molecular formula is C12H23N3. The van der Waals surface area contributed by atoms with Gasteiger partial charge in [0.25, 0.3) is 0 Å². The number of hydrogen-bond acceptors (Lipinski definition) is 2. The Balaban J connectivity index is 2.86. The minimum absolute atomic E-state index is 0.484. The van der Waals surface area contributed by atoms with Crippen LogP contribution in [0.3, 0.4) is 0 Å². The highest BCUT2D eigenvalue weighted by Crippen LogP contribution is 2.18. The fourth-order valence-corrected chi connectivity index (χ4v) is 1.82. The van der Waals surface area contributed by atoms with Crippen molar-refractivity contribution in [2.75, 3.05) is 13.1 Å². The van der Waals surface area contributed by atoms with Crippen molar-refractivity contribution >= 4 is 0 Å². The van der Waals surface area contributed by atoms with E-state index in [2.05, 4.69) is 49.7 Å². The molecule has 0 radical (unpaired) electrons. The summed E-state index contributed by atoms with van der Waals surface area (Å²) >= 11 is 0. The van der Waals surface area contributed by atoms with Crippen LogP contribution >= 0.6 is 0 Å². The summed E-state index contributed by atoms with van der Waals surface area (Å²) in [5, 5.41) is 8.00. The maximum absolute atomic E-state index is 4.61. The minimum atomic E-state index is 0.484. The van der Waals surface area contributed by atoms with Gasteiger partial charge in [-0.3, -0.25) is 4.68 Å². The number of nitrogens with one attached hydrogen (secondary N) is 1. The number of likely N-dealkylation sites (N-methyl/N-ethyl adjacent to an activating group) is 1. The molecule has 1 aromatic heterocycles. The van der Waals surface area contributed by atoms with Gasteiger partial charge in [0, 0.05) is 12.2 Å². The quantitative estimate of drug-likeness (QED) is 0.807. The zero-order valence-corrected chi connectivity index (χ0v) is 10.6. The van der Waals surface area contributed by atoms with E-state index in [9.17, 15) is 0 Å². The molecule has 0 fully saturated rings. The van der Waals surface area contributed by atoms with Crippen LogP contribution in [-0.4, -0.2) is 22.9 Å². The van der Waals surface area contributed by atoms with E-state index in [1.54, 1.807) is 0 Å². The first kappa shape index (κ1) is 12.2. The average Bonchev–Trinajstić information content (AvgIpc) is 2.48.